The predicted octanol–water partition coefficient (Wildman–Crippen LogP) is 3.82. The summed E-state index contributed by atoms with van der Waals surface area (Å²) in [7, 11) is -2.85. The molecule has 0 radical (unpaired) electrons. The maximum absolute atomic E-state index is 12.5. The molecule has 6 heteroatoms. The third-order valence-corrected chi connectivity index (χ3v) is 13.5. The number of rotatable bonds is 10. The zero-order valence-electron chi connectivity index (χ0n) is 10.6. The first-order chi connectivity index (χ1) is 7.64. The first-order valence-corrected chi connectivity index (χ1v) is 11.6. The average Bonchev–Trinajstić information content (AvgIpc) is 2.25. The summed E-state index contributed by atoms with van der Waals surface area (Å²) < 4.78 is 24.6. The molecular weight excluding hydrogens is 359 g/mol. The molecule has 0 aromatic heterocycles. The fourth-order valence-electron chi connectivity index (χ4n) is 1.14. The van der Waals surface area contributed by atoms with E-state index in [1.54, 1.807) is 11.8 Å². The summed E-state index contributed by atoms with van der Waals surface area (Å²) in [6, 6.07) is 0. The molecule has 0 amide bonds. The molecule has 0 aromatic rings. The zero-order valence-corrected chi connectivity index (χ0v) is 14.6. The molecule has 0 rings (SSSR count). The Morgan fingerprint density at radius 1 is 1.25 bits per heavy atom. The van der Waals surface area contributed by atoms with Crippen molar-refractivity contribution in [3.8, 4) is 0 Å². The van der Waals surface area contributed by atoms with E-state index in [1.165, 1.54) is 17.3 Å². The second-order valence-electron chi connectivity index (χ2n) is 3.14. The van der Waals surface area contributed by atoms with Crippen molar-refractivity contribution < 1.29 is 13.6 Å². The van der Waals surface area contributed by atoms with Gasteiger partial charge in [-0.1, -0.05) is 0 Å². The van der Waals surface area contributed by atoms with Crippen LogP contribution in [0.4, 0.5) is 0 Å². The van der Waals surface area contributed by atoms with Crippen molar-refractivity contribution in [2.24, 2.45) is 0 Å². The molecule has 98 valence electrons. The van der Waals surface area contributed by atoms with Crippen molar-refractivity contribution in [1.82, 2.24) is 0 Å². The van der Waals surface area contributed by atoms with E-state index in [2.05, 4.69) is 6.92 Å². The van der Waals surface area contributed by atoms with Gasteiger partial charge < -0.3 is 0 Å². The minimum atomic E-state index is -2.85. The molecule has 0 bridgehead atoms. The van der Waals surface area contributed by atoms with Crippen molar-refractivity contribution in [3.05, 3.63) is 0 Å². The van der Waals surface area contributed by atoms with Crippen molar-refractivity contribution in [2.45, 2.75) is 41.1 Å². The maximum atomic E-state index is 12.5. The summed E-state index contributed by atoms with van der Waals surface area (Å²) in [6.45, 7) is 6.86. The summed E-state index contributed by atoms with van der Waals surface area (Å²) in [4.78, 5) is 0. The Labute approximate surface area is 114 Å². The van der Waals surface area contributed by atoms with E-state index < -0.39 is 7.60 Å². The molecule has 0 fully saturated rings. The van der Waals surface area contributed by atoms with Crippen LogP contribution in [0.5, 0.6) is 0 Å². The van der Waals surface area contributed by atoms with Crippen LogP contribution in [0.2, 0.25) is 4.47 Å². The molecule has 0 saturated carbocycles. The quantitative estimate of drug-likeness (QED) is 0.327. The summed E-state index contributed by atoms with van der Waals surface area (Å²) in [5.41, 5.74) is 0. The Morgan fingerprint density at radius 3 is 2.19 bits per heavy atom. The van der Waals surface area contributed by atoms with Gasteiger partial charge in [-0.05, 0) is 0 Å². The minimum absolute atomic E-state index is 0.115. The number of hydrogen-bond donors (Lipinski definition) is 0. The molecule has 16 heavy (non-hydrogen) atoms. The second-order valence-corrected chi connectivity index (χ2v) is 12.0. The number of hydrogen-bond acceptors (Lipinski definition) is 4. The molecule has 3 nitrogen and oxygen atoms in total. The molecule has 0 aliphatic carbocycles. The van der Waals surface area contributed by atoms with Gasteiger partial charge in [0.25, 0.3) is 0 Å². The van der Waals surface area contributed by atoms with Crippen LogP contribution in [0.25, 0.3) is 0 Å². The Kier molecular flexibility index (Phi) is 11.1. The van der Waals surface area contributed by atoms with Crippen LogP contribution >= 0.6 is 19.4 Å². The third kappa shape index (κ3) is 6.28. The molecule has 0 heterocycles. The van der Waals surface area contributed by atoms with Gasteiger partial charge in [0.05, 0.1) is 0 Å². The topological polar surface area (TPSA) is 35.5 Å². The Morgan fingerprint density at radius 2 is 1.81 bits per heavy atom. The van der Waals surface area contributed by atoms with E-state index >= 15 is 0 Å². The summed E-state index contributed by atoms with van der Waals surface area (Å²) in [5, 5.41) is 0. The monoisotopic (exact) mass is 384 g/mol. The molecule has 1 unspecified atom stereocenters. The summed E-state index contributed by atoms with van der Waals surface area (Å²) in [5.74, 6) is 0. The van der Waals surface area contributed by atoms with E-state index in [9.17, 15) is 4.57 Å². The molecule has 0 spiro atoms. The van der Waals surface area contributed by atoms with Gasteiger partial charge >= 0.3 is 114 Å². The fraction of sp³-hybridized carbons (Fsp3) is 1.00. The normalized spacial score (nSPS) is 14.0. The molecule has 0 aliphatic rings. The van der Waals surface area contributed by atoms with Gasteiger partial charge in [-0.25, -0.2) is 0 Å². The molecular formula is C10H23O3PSTe. The van der Waals surface area contributed by atoms with Gasteiger partial charge in [0, 0.05) is 0 Å². The van der Waals surface area contributed by atoms with Crippen molar-refractivity contribution in [3.63, 3.8) is 0 Å². The summed E-state index contributed by atoms with van der Waals surface area (Å²) in [6.07, 6.45) is 4.45. The van der Waals surface area contributed by atoms with Crippen LogP contribution in [-0.4, -0.2) is 43.4 Å². The van der Waals surface area contributed by atoms with Gasteiger partial charge in [0.1, 0.15) is 0 Å². The van der Waals surface area contributed by atoms with Crippen LogP contribution in [-0.2, 0) is 13.6 Å². The molecule has 0 N–H and O–H groups in total. The third-order valence-electron chi connectivity index (χ3n) is 1.84. The fourth-order valence-corrected chi connectivity index (χ4v) is 10.9. The number of unbranched alkanes of at least 4 members (excludes halogenated alkanes) is 1. The first-order valence-electron chi connectivity index (χ1n) is 5.67. The van der Waals surface area contributed by atoms with E-state index in [0.717, 1.165) is 0 Å². The van der Waals surface area contributed by atoms with Gasteiger partial charge in [-0.2, -0.15) is 0 Å². The van der Waals surface area contributed by atoms with Crippen molar-refractivity contribution in [1.29, 1.82) is 0 Å². The van der Waals surface area contributed by atoms with E-state index in [0.29, 0.717) is 13.2 Å². The van der Waals surface area contributed by atoms with Crippen LogP contribution in [0, 0.1) is 0 Å². The Bertz CT molecular complexity index is 206. The molecule has 1 atom stereocenters. The number of thioether (sulfide) groups is 1. The summed E-state index contributed by atoms with van der Waals surface area (Å²) >= 11 is 1.35. The van der Waals surface area contributed by atoms with Gasteiger partial charge in [-0.3, -0.25) is 0 Å². The average molecular weight is 382 g/mol. The van der Waals surface area contributed by atoms with Crippen LogP contribution in [0.15, 0.2) is 0 Å². The second kappa shape index (κ2) is 10.2. The standard InChI is InChI=1S/C10H23O3PSTe/c1-5-8-9-16-10(15-4)14(11,12-6-2)13-7-3/h10H,5-9H2,1-4H3. The van der Waals surface area contributed by atoms with Gasteiger partial charge in [-0.15, -0.1) is 0 Å². The van der Waals surface area contributed by atoms with Gasteiger partial charge in [0.2, 0.25) is 0 Å². The predicted molar refractivity (Wildman–Crippen MR) is 73.6 cm³/mol. The van der Waals surface area contributed by atoms with Crippen LogP contribution < -0.4 is 0 Å². The first kappa shape index (κ1) is 17.3. The molecule has 0 aliphatic heterocycles. The van der Waals surface area contributed by atoms with Crippen LogP contribution in [0.3, 0.4) is 0 Å². The van der Waals surface area contributed by atoms with Crippen molar-refractivity contribution in [2.75, 3.05) is 19.5 Å². The molecule has 0 saturated heterocycles. The van der Waals surface area contributed by atoms with Crippen LogP contribution in [0.1, 0.15) is 33.6 Å². The van der Waals surface area contributed by atoms with E-state index in [-0.39, 0.29) is 24.0 Å². The molecule has 0 aromatic carbocycles. The van der Waals surface area contributed by atoms with Crippen molar-refractivity contribution >= 4 is 40.3 Å². The Balaban J connectivity index is 4.39. The Hall–Kier alpha value is 1.29. The SMILES string of the molecule is CCCC[Te]C(SC)P(=O)(OCC)OCC. The van der Waals surface area contributed by atoms with E-state index in [4.69, 9.17) is 9.05 Å². The zero-order chi connectivity index (χ0) is 12.4. The van der Waals surface area contributed by atoms with Gasteiger partial charge in [0.15, 0.2) is 0 Å². The van der Waals surface area contributed by atoms with E-state index in [1.807, 2.05) is 20.1 Å².